The highest BCUT2D eigenvalue weighted by Gasteiger charge is 2.18. The Labute approximate surface area is 154 Å². The molecule has 1 atom stereocenters. The van der Waals surface area contributed by atoms with Crippen molar-refractivity contribution in [3.63, 3.8) is 0 Å². The molecular weight excluding hydrogens is 332 g/mol. The molecule has 0 bridgehead atoms. The van der Waals surface area contributed by atoms with Crippen LogP contribution in [0.3, 0.4) is 0 Å². The van der Waals surface area contributed by atoms with E-state index in [1.807, 2.05) is 24.3 Å². The summed E-state index contributed by atoms with van der Waals surface area (Å²) in [5, 5.41) is 7.36. The molecule has 2 aromatic rings. The highest BCUT2D eigenvalue weighted by molar-refractivity contribution is 6.30. The van der Waals surface area contributed by atoms with Gasteiger partial charge in [0.25, 0.3) is 0 Å². The monoisotopic (exact) mass is 356 g/mol. The number of halogens is 1. The molecule has 132 valence electrons. The Bertz CT molecular complexity index is 699. The molecule has 2 N–H and O–H groups in total. The van der Waals surface area contributed by atoms with Gasteiger partial charge < -0.3 is 10.6 Å². The summed E-state index contributed by atoms with van der Waals surface area (Å²) in [4.78, 5) is 12.0. The minimum absolute atomic E-state index is 0.137. The number of rotatable bonds is 7. The summed E-state index contributed by atoms with van der Waals surface area (Å²) < 4.78 is 0. The van der Waals surface area contributed by atoms with Crippen LogP contribution in [0.4, 0.5) is 0 Å². The lowest BCUT2D eigenvalue weighted by molar-refractivity contribution is -0.121. The van der Waals surface area contributed by atoms with E-state index in [2.05, 4.69) is 34.9 Å². The SMILES string of the molecule is O=C(CCCc1ccc(Cl)cc1)NCCC1NCCc2ccccc21. The maximum Gasteiger partial charge on any atom is 0.220 e. The fraction of sp³-hybridized carbons (Fsp3) is 0.381. The van der Waals surface area contributed by atoms with Gasteiger partial charge >= 0.3 is 0 Å². The number of nitrogens with one attached hydrogen (secondary N) is 2. The second kappa shape index (κ2) is 9.02. The van der Waals surface area contributed by atoms with E-state index in [0.717, 1.165) is 37.3 Å². The highest BCUT2D eigenvalue weighted by atomic mass is 35.5. The van der Waals surface area contributed by atoms with E-state index < -0.39 is 0 Å². The summed E-state index contributed by atoms with van der Waals surface area (Å²) in [7, 11) is 0. The van der Waals surface area contributed by atoms with Crippen LogP contribution >= 0.6 is 11.6 Å². The Morgan fingerprint density at radius 1 is 1.16 bits per heavy atom. The summed E-state index contributed by atoms with van der Waals surface area (Å²) in [5.74, 6) is 0.137. The predicted octanol–water partition coefficient (Wildman–Crippen LogP) is 4.06. The molecule has 1 amide bonds. The fourth-order valence-electron chi connectivity index (χ4n) is 3.40. The summed E-state index contributed by atoms with van der Waals surface area (Å²) >= 11 is 5.88. The van der Waals surface area contributed by atoms with Crippen LogP contribution in [0.1, 0.15) is 42.0 Å². The number of benzene rings is 2. The van der Waals surface area contributed by atoms with Crippen molar-refractivity contribution in [1.82, 2.24) is 10.6 Å². The van der Waals surface area contributed by atoms with Crippen LogP contribution in [0.25, 0.3) is 0 Å². The van der Waals surface area contributed by atoms with Crippen LogP contribution in [0, 0.1) is 0 Å². The van der Waals surface area contributed by atoms with E-state index in [-0.39, 0.29) is 5.91 Å². The van der Waals surface area contributed by atoms with Gasteiger partial charge in [0.2, 0.25) is 5.91 Å². The second-order valence-corrected chi connectivity index (χ2v) is 7.01. The number of hydrogen-bond acceptors (Lipinski definition) is 2. The molecule has 1 aliphatic rings. The smallest absolute Gasteiger partial charge is 0.220 e. The Kier molecular flexibility index (Phi) is 6.48. The van der Waals surface area contributed by atoms with Gasteiger partial charge in [-0.05, 0) is 61.1 Å². The molecule has 0 aliphatic carbocycles. The molecule has 0 saturated carbocycles. The maximum absolute atomic E-state index is 12.0. The van der Waals surface area contributed by atoms with Crippen molar-refractivity contribution in [3.8, 4) is 0 Å². The molecule has 3 nitrogen and oxygen atoms in total. The molecule has 3 rings (SSSR count). The van der Waals surface area contributed by atoms with E-state index in [1.165, 1.54) is 16.7 Å². The van der Waals surface area contributed by atoms with Gasteiger partial charge in [-0.2, -0.15) is 0 Å². The zero-order chi connectivity index (χ0) is 17.5. The summed E-state index contributed by atoms with van der Waals surface area (Å²) in [6.45, 7) is 1.72. The average Bonchev–Trinajstić information content (AvgIpc) is 2.64. The summed E-state index contributed by atoms with van der Waals surface area (Å²) in [6.07, 6.45) is 4.35. The van der Waals surface area contributed by atoms with Gasteiger partial charge in [-0.1, -0.05) is 48.0 Å². The molecule has 2 aromatic carbocycles. The Morgan fingerprint density at radius 2 is 1.96 bits per heavy atom. The van der Waals surface area contributed by atoms with Crippen LogP contribution in [-0.4, -0.2) is 19.0 Å². The molecule has 0 fully saturated rings. The first kappa shape index (κ1) is 18.0. The molecule has 1 aliphatic heterocycles. The Balaban J connectivity index is 1.36. The van der Waals surface area contributed by atoms with Crippen molar-refractivity contribution in [1.29, 1.82) is 0 Å². The molecule has 0 spiro atoms. The van der Waals surface area contributed by atoms with Gasteiger partial charge in [-0.15, -0.1) is 0 Å². The third-order valence-corrected chi connectivity index (χ3v) is 5.01. The number of aryl methyl sites for hydroxylation is 1. The average molecular weight is 357 g/mol. The van der Waals surface area contributed by atoms with Crippen LogP contribution in [0.5, 0.6) is 0 Å². The van der Waals surface area contributed by atoms with Crippen LogP contribution in [-0.2, 0) is 17.6 Å². The number of carbonyl (C=O) groups is 1. The van der Waals surface area contributed by atoms with Crippen molar-refractivity contribution in [2.45, 2.75) is 38.1 Å². The van der Waals surface area contributed by atoms with Gasteiger partial charge in [-0.25, -0.2) is 0 Å². The largest absolute Gasteiger partial charge is 0.356 e. The van der Waals surface area contributed by atoms with Crippen molar-refractivity contribution in [2.75, 3.05) is 13.1 Å². The molecule has 25 heavy (non-hydrogen) atoms. The summed E-state index contributed by atoms with van der Waals surface area (Å²) in [6, 6.07) is 16.8. The van der Waals surface area contributed by atoms with Gasteiger partial charge in [0.15, 0.2) is 0 Å². The third-order valence-electron chi connectivity index (χ3n) is 4.75. The van der Waals surface area contributed by atoms with Crippen molar-refractivity contribution in [3.05, 3.63) is 70.2 Å². The standard InChI is InChI=1S/C21H25ClN2O/c22-18-10-8-16(9-11-18)4-3-7-21(25)24-15-13-20-19-6-2-1-5-17(19)12-14-23-20/h1-2,5-6,8-11,20,23H,3-4,7,12-15H2,(H,24,25). The molecule has 0 saturated heterocycles. The van der Waals surface area contributed by atoms with Gasteiger partial charge in [-0.3, -0.25) is 4.79 Å². The predicted molar refractivity (Wildman–Crippen MR) is 103 cm³/mol. The van der Waals surface area contributed by atoms with Gasteiger partial charge in [0.1, 0.15) is 0 Å². The minimum atomic E-state index is 0.137. The first-order valence-electron chi connectivity index (χ1n) is 9.05. The molecule has 1 unspecified atom stereocenters. The first-order valence-corrected chi connectivity index (χ1v) is 9.42. The molecule has 1 heterocycles. The van der Waals surface area contributed by atoms with Crippen molar-refractivity contribution >= 4 is 17.5 Å². The van der Waals surface area contributed by atoms with Gasteiger partial charge in [0.05, 0.1) is 0 Å². The van der Waals surface area contributed by atoms with Gasteiger partial charge in [0, 0.05) is 24.0 Å². The zero-order valence-corrected chi connectivity index (χ0v) is 15.2. The van der Waals surface area contributed by atoms with Crippen LogP contribution < -0.4 is 10.6 Å². The van der Waals surface area contributed by atoms with E-state index in [0.29, 0.717) is 19.0 Å². The molecule has 4 heteroatoms. The van der Waals surface area contributed by atoms with E-state index in [4.69, 9.17) is 11.6 Å². The molecule has 0 radical (unpaired) electrons. The maximum atomic E-state index is 12.0. The third kappa shape index (κ3) is 5.32. The number of hydrogen-bond donors (Lipinski definition) is 2. The van der Waals surface area contributed by atoms with Crippen molar-refractivity contribution < 1.29 is 4.79 Å². The lowest BCUT2D eigenvalue weighted by Gasteiger charge is -2.27. The van der Waals surface area contributed by atoms with Crippen molar-refractivity contribution in [2.24, 2.45) is 0 Å². The Morgan fingerprint density at radius 3 is 2.80 bits per heavy atom. The number of amides is 1. The lowest BCUT2D eigenvalue weighted by atomic mass is 9.92. The summed E-state index contributed by atoms with van der Waals surface area (Å²) in [5.41, 5.74) is 4.03. The topological polar surface area (TPSA) is 41.1 Å². The fourth-order valence-corrected chi connectivity index (χ4v) is 3.52. The lowest BCUT2D eigenvalue weighted by Crippen LogP contribution is -2.33. The number of carbonyl (C=O) groups excluding carboxylic acids is 1. The first-order chi connectivity index (χ1) is 12.2. The van der Waals surface area contributed by atoms with Crippen LogP contribution in [0.2, 0.25) is 5.02 Å². The minimum Gasteiger partial charge on any atom is -0.356 e. The van der Waals surface area contributed by atoms with Crippen LogP contribution in [0.15, 0.2) is 48.5 Å². The Hall–Kier alpha value is -1.84. The number of fused-ring (bicyclic) bond motifs is 1. The second-order valence-electron chi connectivity index (χ2n) is 6.57. The van der Waals surface area contributed by atoms with E-state index >= 15 is 0 Å². The normalized spacial score (nSPS) is 16.3. The zero-order valence-electron chi connectivity index (χ0n) is 14.4. The highest BCUT2D eigenvalue weighted by Crippen LogP contribution is 2.24. The van der Waals surface area contributed by atoms with E-state index in [1.54, 1.807) is 0 Å². The molecular formula is C21H25ClN2O. The quantitative estimate of drug-likeness (QED) is 0.785. The molecule has 0 aromatic heterocycles. The van der Waals surface area contributed by atoms with E-state index in [9.17, 15) is 4.79 Å².